The summed E-state index contributed by atoms with van der Waals surface area (Å²) in [5.41, 5.74) is 0. The molecule has 173 valence electrons. The van der Waals surface area contributed by atoms with E-state index in [9.17, 15) is 34.5 Å². The quantitative estimate of drug-likeness (QED) is 0.244. The Morgan fingerprint density at radius 2 is 0.500 bits per heavy atom. The average Bonchev–Trinajstić information content (AvgIpc) is 2.65. The van der Waals surface area contributed by atoms with E-state index in [1.54, 1.807) is 18.2 Å². The van der Waals surface area contributed by atoms with Crippen molar-refractivity contribution in [2.24, 2.45) is 0 Å². The molecular weight excluding hydrogens is 511 g/mol. The van der Waals surface area contributed by atoms with E-state index < -0.39 is 14.5 Å². The Morgan fingerprint density at radius 1 is 0.467 bits per heavy atom. The first kappa shape index (κ1) is 42.7. The molecule has 0 aromatic carbocycles. The van der Waals surface area contributed by atoms with Crippen LogP contribution in [0, 0.1) is 63.6 Å². The third-order valence-electron chi connectivity index (χ3n) is 2.81. The zero-order valence-electron chi connectivity index (χ0n) is 17.9. The molecule has 0 heterocycles. The third-order valence-corrected chi connectivity index (χ3v) is 2.81. The number of nitriles is 3. The normalized spacial score (nSPS) is 14.3. The summed E-state index contributed by atoms with van der Waals surface area (Å²) in [7, 11) is -12.0. The SMILES string of the molecule is CC#N.CC#N.CC#N.C[C]1[C](C)[C](C)[C](C)[C]1C.F[B-](F)(F)F.F[B-](F)(F)F.[Rh+3]. The van der Waals surface area contributed by atoms with Gasteiger partial charge in [-0.1, -0.05) is 34.6 Å². The fourth-order valence-corrected chi connectivity index (χ4v) is 1.41. The van der Waals surface area contributed by atoms with E-state index in [2.05, 4.69) is 34.6 Å². The van der Waals surface area contributed by atoms with E-state index in [1.165, 1.54) is 50.4 Å². The van der Waals surface area contributed by atoms with Crippen molar-refractivity contribution in [3.63, 3.8) is 0 Å². The molecule has 0 saturated heterocycles. The van der Waals surface area contributed by atoms with Crippen molar-refractivity contribution in [3.05, 3.63) is 29.6 Å². The minimum atomic E-state index is -6.00. The summed E-state index contributed by atoms with van der Waals surface area (Å²) < 4.78 is 78.0. The summed E-state index contributed by atoms with van der Waals surface area (Å²) in [5, 5.41) is 22.0. The van der Waals surface area contributed by atoms with Gasteiger partial charge in [0.2, 0.25) is 0 Å². The van der Waals surface area contributed by atoms with Crippen molar-refractivity contribution < 1.29 is 54.0 Å². The van der Waals surface area contributed by atoms with E-state index in [0.29, 0.717) is 0 Å². The standard InChI is InChI=1S/C10H15.3C2H3N.2BF4.Rh/c1-6-7(2)9(4)10(5)8(6)3;3*1-2-3;2*2-1(3,4)5;/h1-5H3;3*1H3;;;/q;;;;2*-1;+3. The molecule has 0 aromatic rings. The van der Waals surface area contributed by atoms with Crippen LogP contribution in [0.2, 0.25) is 0 Å². The van der Waals surface area contributed by atoms with Crippen LogP contribution < -0.4 is 0 Å². The Morgan fingerprint density at radius 3 is 0.533 bits per heavy atom. The fourth-order valence-electron chi connectivity index (χ4n) is 1.41. The van der Waals surface area contributed by atoms with Crippen molar-refractivity contribution in [2.45, 2.75) is 55.4 Å². The number of rotatable bonds is 0. The maximum absolute atomic E-state index is 9.75. The smallest absolute Gasteiger partial charge is 0.418 e. The van der Waals surface area contributed by atoms with Crippen LogP contribution in [-0.2, 0) is 19.5 Å². The van der Waals surface area contributed by atoms with Gasteiger partial charge in [-0.05, 0) is 29.6 Å². The molecule has 0 aliphatic heterocycles. The van der Waals surface area contributed by atoms with Crippen molar-refractivity contribution in [1.82, 2.24) is 0 Å². The molecule has 1 saturated carbocycles. The maximum Gasteiger partial charge on any atom is 3.00 e. The first-order chi connectivity index (χ1) is 12.8. The predicted octanol–water partition coefficient (Wildman–Crippen LogP) is 7.16. The van der Waals surface area contributed by atoms with Crippen molar-refractivity contribution in [1.29, 1.82) is 15.8 Å². The van der Waals surface area contributed by atoms with Gasteiger partial charge < -0.3 is 34.5 Å². The number of nitrogens with zero attached hydrogens (tertiary/aromatic N) is 3. The molecule has 3 nitrogen and oxygen atoms in total. The second-order valence-electron chi connectivity index (χ2n) is 4.79. The molecule has 0 bridgehead atoms. The molecule has 30 heavy (non-hydrogen) atoms. The Balaban J connectivity index is -0.0000000625. The zero-order chi connectivity index (χ0) is 25.0. The summed E-state index contributed by atoms with van der Waals surface area (Å²) in [5.74, 6) is 7.34. The van der Waals surface area contributed by atoms with Crippen LogP contribution in [0.15, 0.2) is 0 Å². The first-order valence-electron chi connectivity index (χ1n) is 7.67. The second-order valence-corrected chi connectivity index (χ2v) is 4.79. The average molecular weight is 535 g/mol. The van der Waals surface area contributed by atoms with Gasteiger partial charge in [0.15, 0.2) is 0 Å². The number of hydrogen-bond acceptors (Lipinski definition) is 3. The van der Waals surface area contributed by atoms with E-state index in [0.717, 1.165) is 0 Å². The Bertz CT molecular complexity index is 402. The van der Waals surface area contributed by atoms with Gasteiger partial charge >= 0.3 is 34.0 Å². The monoisotopic (exact) mass is 535 g/mol. The summed E-state index contributed by atoms with van der Waals surface area (Å²) in [4.78, 5) is 0. The summed E-state index contributed by atoms with van der Waals surface area (Å²) in [6.45, 7) is 15.3. The van der Waals surface area contributed by atoms with Crippen molar-refractivity contribution in [2.75, 3.05) is 0 Å². The minimum Gasteiger partial charge on any atom is -0.418 e. The molecule has 0 spiro atoms. The van der Waals surface area contributed by atoms with Gasteiger partial charge in [0.1, 0.15) is 0 Å². The molecule has 1 aliphatic carbocycles. The van der Waals surface area contributed by atoms with E-state index in [-0.39, 0.29) is 19.5 Å². The van der Waals surface area contributed by atoms with Gasteiger partial charge in [-0.25, -0.2) is 0 Å². The molecule has 1 aliphatic rings. The first-order valence-corrected chi connectivity index (χ1v) is 7.67. The Kier molecular flexibility index (Phi) is 34.1. The molecule has 0 atom stereocenters. The van der Waals surface area contributed by atoms with Crippen LogP contribution in [-0.4, -0.2) is 14.5 Å². The predicted molar refractivity (Wildman–Crippen MR) is 98.8 cm³/mol. The van der Waals surface area contributed by atoms with Crippen LogP contribution in [0.5, 0.6) is 0 Å². The molecule has 14 heteroatoms. The second kappa shape index (κ2) is 23.9. The van der Waals surface area contributed by atoms with Gasteiger partial charge in [-0.2, -0.15) is 15.8 Å². The van der Waals surface area contributed by atoms with E-state index in [1.807, 2.05) is 0 Å². The molecular formula is C16H24B2F8N3Rh+. The van der Waals surface area contributed by atoms with Gasteiger partial charge in [-0.15, -0.1) is 0 Å². The van der Waals surface area contributed by atoms with Gasteiger partial charge in [0, 0.05) is 20.8 Å². The molecule has 0 amide bonds. The summed E-state index contributed by atoms with van der Waals surface area (Å²) in [6, 6.07) is 5.25. The van der Waals surface area contributed by atoms with Gasteiger partial charge in [-0.3, -0.25) is 0 Å². The fraction of sp³-hybridized carbons (Fsp3) is 0.500. The zero-order valence-corrected chi connectivity index (χ0v) is 19.5. The van der Waals surface area contributed by atoms with E-state index >= 15 is 0 Å². The number of hydrogen-bond donors (Lipinski definition) is 0. The Hall–Kier alpha value is -1.34. The Labute approximate surface area is 187 Å². The largest absolute Gasteiger partial charge is 3.00 e. The molecule has 0 N–H and O–H groups in total. The molecule has 0 unspecified atom stereocenters. The summed E-state index contributed by atoms with van der Waals surface area (Å²) in [6.07, 6.45) is 0. The molecule has 1 fully saturated rings. The molecule has 0 aromatic heterocycles. The van der Waals surface area contributed by atoms with Crippen LogP contribution in [0.1, 0.15) is 55.4 Å². The van der Waals surface area contributed by atoms with Crippen LogP contribution in [0.25, 0.3) is 0 Å². The van der Waals surface area contributed by atoms with Gasteiger partial charge in [0.25, 0.3) is 0 Å². The topological polar surface area (TPSA) is 71.4 Å². The number of halogens is 8. The van der Waals surface area contributed by atoms with E-state index in [4.69, 9.17) is 15.8 Å². The molecule has 1 rings (SSSR count). The van der Waals surface area contributed by atoms with Crippen LogP contribution in [0.4, 0.5) is 34.5 Å². The van der Waals surface area contributed by atoms with Crippen LogP contribution >= 0.6 is 0 Å². The minimum absolute atomic E-state index is 0. The third kappa shape index (κ3) is 50.4. The van der Waals surface area contributed by atoms with Crippen LogP contribution in [0.3, 0.4) is 0 Å². The summed E-state index contributed by atoms with van der Waals surface area (Å²) >= 11 is 0. The maximum atomic E-state index is 9.75. The van der Waals surface area contributed by atoms with Crippen molar-refractivity contribution >= 4 is 14.5 Å². The van der Waals surface area contributed by atoms with Gasteiger partial charge in [0.05, 0.1) is 18.2 Å². The molecule has 5 radical (unpaired) electrons. The van der Waals surface area contributed by atoms with Crippen molar-refractivity contribution in [3.8, 4) is 18.2 Å².